The largest absolute Gasteiger partial charge is 0.308 e. The third-order valence-electron chi connectivity index (χ3n) is 16.4. The molecule has 10 heterocycles. The Morgan fingerprint density at radius 3 is 1.27 bits per heavy atom. The number of benzene rings is 8. The van der Waals surface area contributed by atoms with Crippen molar-refractivity contribution in [3.63, 3.8) is 0 Å². The molecule has 0 saturated carbocycles. The van der Waals surface area contributed by atoms with Gasteiger partial charge in [-0.05, 0) is 131 Å². The zero-order chi connectivity index (χ0) is 56.3. The van der Waals surface area contributed by atoms with Gasteiger partial charge in [0.25, 0.3) is 0 Å². The lowest BCUT2D eigenvalue weighted by molar-refractivity contribution is 0.953. The molecule has 18 aromatic rings. The van der Waals surface area contributed by atoms with Gasteiger partial charge in [-0.25, -0.2) is 4.98 Å². The first kappa shape index (κ1) is 48.9. The average molecular weight is 1130 g/mol. The summed E-state index contributed by atoms with van der Waals surface area (Å²) in [5, 5.41) is 8.86. The summed E-state index contributed by atoms with van der Waals surface area (Å²) in [6.07, 6.45) is 11.2. The zero-order valence-corrected chi connectivity index (χ0v) is 47.5. The Morgan fingerprint density at radius 2 is 0.765 bits per heavy atom. The van der Waals surface area contributed by atoms with E-state index in [0.29, 0.717) is 17.6 Å². The molecule has 0 saturated heterocycles. The smallest absolute Gasteiger partial charge is 0.238 e. The molecule has 0 radical (unpaired) electrons. The van der Waals surface area contributed by atoms with Crippen molar-refractivity contribution in [3.8, 4) is 62.4 Å². The number of para-hydroxylation sites is 2. The van der Waals surface area contributed by atoms with Gasteiger partial charge in [0.05, 0.1) is 44.1 Å². The molecule has 0 spiro atoms. The number of hydrogen-bond donors (Lipinski definition) is 0. The molecule has 8 aromatic carbocycles. The molecule has 18 rings (SSSR count). The summed E-state index contributed by atoms with van der Waals surface area (Å²) in [4.78, 5) is 34.8. The molecule has 0 atom stereocenters. The van der Waals surface area contributed by atoms with E-state index in [1.807, 2.05) is 98.0 Å². The molecular weight excluding hydrogens is 1080 g/mol. The van der Waals surface area contributed by atoms with E-state index in [1.165, 1.54) is 40.7 Å². The van der Waals surface area contributed by atoms with Crippen molar-refractivity contribution in [2.24, 2.45) is 0 Å². The molecule has 0 amide bonds. The second kappa shape index (κ2) is 19.4. The highest BCUT2D eigenvalue weighted by molar-refractivity contribution is 7.26. The van der Waals surface area contributed by atoms with Crippen LogP contribution in [-0.4, -0.2) is 48.6 Å². The van der Waals surface area contributed by atoms with Crippen LogP contribution in [-0.2, 0) is 0 Å². The Balaban J connectivity index is 0.00000281. The van der Waals surface area contributed by atoms with Crippen LogP contribution in [0, 0.1) is 0 Å². The van der Waals surface area contributed by atoms with E-state index in [4.69, 9.17) is 24.9 Å². The molecule has 10 aromatic heterocycles. The van der Waals surface area contributed by atoms with Crippen LogP contribution in [0.25, 0.3) is 168 Å². The van der Waals surface area contributed by atoms with E-state index in [-0.39, 0.29) is 0 Å². The van der Waals surface area contributed by atoms with Gasteiger partial charge in [-0.1, -0.05) is 111 Å². The lowest BCUT2D eigenvalue weighted by Gasteiger charge is -2.11. The van der Waals surface area contributed by atoms with Gasteiger partial charge in [-0.2, -0.15) is 9.97 Å². The molecule has 12 heteroatoms. The maximum Gasteiger partial charge on any atom is 0.238 e. The molecule has 10 nitrogen and oxygen atoms in total. The molecule has 0 N–H and O–H groups in total. The summed E-state index contributed by atoms with van der Waals surface area (Å²) in [5.74, 6) is 1.66. The quantitative estimate of drug-likeness (QED) is 0.156. The molecule has 0 aliphatic rings. The van der Waals surface area contributed by atoms with Crippen molar-refractivity contribution in [2.45, 2.75) is 13.8 Å². The van der Waals surface area contributed by atoms with Gasteiger partial charge in [0.1, 0.15) is 0 Å². The Hall–Kier alpha value is -10.8. The molecule has 0 bridgehead atoms. The molecule has 0 fully saturated rings. The Labute approximate surface area is 493 Å². The standard InChI is InChI=1S/C71H40N10S2.C2H6/c1-3-21-57-51(15-1)65-61(23-9-31-74-65)79(57)45-13-5-11-41(35-45)47-17-7-19-49-53-37-43(25-27-63(53)82-67(47)49)69-76-70(78-71(77-69)81-59-29-33-72-39-55(59)56-40-73-34-30-60(56)81)44-26-28-64-54(38-44)50-20-8-18-48(68(50)83-64)42-12-6-14-46(36-42)80-58-22-4-2-16-52(58)66-62(80)24-10-32-75-66;1-2/h1-40H;1-2H3. The predicted molar refractivity (Wildman–Crippen MR) is 353 cm³/mol. The number of nitrogens with zero attached hydrogens (tertiary/aromatic N) is 10. The Kier molecular flexibility index (Phi) is 11.2. The highest BCUT2D eigenvalue weighted by Crippen LogP contribution is 2.45. The summed E-state index contributed by atoms with van der Waals surface area (Å²) in [5.41, 5.74) is 16.9. The first-order chi connectivity index (χ1) is 42.1. The van der Waals surface area contributed by atoms with Gasteiger partial charge in [0.2, 0.25) is 5.95 Å². The van der Waals surface area contributed by atoms with E-state index < -0.39 is 0 Å². The molecule has 0 aliphatic carbocycles. The summed E-state index contributed by atoms with van der Waals surface area (Å²) < 4.78 is 11.6. The van der Waals surface area contributed by atoms with Crippen LogP contribution in [0.1, 0.15) is 13.8 Å². The number of rotatable bonds is 7. The summed E-state index contributed by atoms with van der Waals surface area (Å²) in [6.45, 7) is 4.00. The van der Waals surface area contributed by atoms with E-state index in [0.717, 1.165) is 110 Å². The third-order valence-corrected chi connectivity index (χ3v) is 18.8. The molecular formula is C73H46N10S2. The summed E-state index contributed by atoms with van der Waals surface area (Å²) >= 11 is 3.63. The van der Waals surface area contributed by atoms with Gasteiger partial charge in [0.15, 0.2) is 11.6 Å². The van der Waals surface area contributed by atoms with Crippen molar-refractivity contribution in [3.05, 3.63) is 243 Å². The van der Waals surface area contributed by atoms with Crippen molar-refractivity contribution in [1.29, 1.82) is 0 Å². The predicted octanol–water partition coefficient (Wildman–Crippen LogP) is 19.2. The van der Waals surface area contributed by atoms with E-state index in [9.17, 15) is 0 Å². The normalized spacial score (nSPS) is 11.9. The van der Waals surface area contributed by atoms with E-state index in [2.05, 4.69) is 206 Å². The average Bonchev–Trinajstić information content (AvgIpc) is 4.59. The van der Waals surface area contributed by atoms with Crippen LogP contribution in [0.5, 0.6) is 0 Å². The lowest BCUT2D eigenvalue weighted by Crippen LogP contribution is -2.06. The highest BCUT2D eigenvalue weighted by Gasteiger charge is 2.22. The fourth-order valence-corrected chi connectivity index (χ4v) is 15.2. The highest BCUT2D eigenvalue weighted by atomic mass is 32.1. The van der Waals surface area contributed by atoms with Crippen LogP contribution in [0.2, 0.25) is 0 Å². The monoisotopic (exact) mass is 1130 g/mol. The van der Waals surface area contributed by atoms with Crippen molar-refractivity contribution < 1.29 is 0 Å². The van der Waals surface area contributed by atoms with Crippen LogP contribution >= 0.6 is 22.7 Å². The van der Waals surface area contributed by atoms with Gasteiger partial charge in [0, 0.05) is 122 Å². The minimum atomic E-state index is 0.510. The first-order valence-corrected chi connectivity index (χ1v) is 30.0. The molecule has 0 unspecified atom stereocenters. The SMILES string of the molecule is CC.c1cc(-c2cccc3c2sc2ccc(-c4nc(-c5ccc6sc7c(-c8cccc(-n9c%10ccccc%10c%10ncccc%109)c8)cccc7c6c5)nc(-n5c6ccncc6c6cnccc65)n4)cc23)cc(-n2c3ccccc3c3ncccc32)c1. The Bertz CT molecular complexity index is 5290. The summed E-state index contributed by atoms with van der Waals surface area (Å²) in [6, 6.07) is 73.7. The van der Waals surface area contributed by atoms with Gasteiger partial charge in [-0.3, -0.25) is 24.5 Å². The van der Waals surface area contributed by atoms with Crippen LogP contribution < -0.4 is 0 Å². The number of thiophene rings is 2. The molecule has 85 heavy (non-hydrogen) atoms. The second-order valence-corrected chi connectivity index (χ2v) is 23.0. The number of pyridine rings is 4. The first-order valence-electron chi connectivity index (χ1n) is 28.4. The van der Waals surface area contributed by atoms with Crippen molar-refractivity contribution in [2.75, 3.05) is 0 Å². The lowest BCUT2D eigenvalue weighted by atomic mass is 10.0. The van der Waals surface area contributed by atoms with Gasteiger partial charge < -0.3 is 9.13 Å². The van der Waals surface area contributed by atoms with Crippen LogP contribution in [0.3, 0.4) is 0 Å². The van der Waals surface area contributed by atoms with E-state index >= 15 is 0 Å². The Morgan fingerprint density at radius 1 is 0.318 bits per heavy atom. The second-order valence-electron chi connectivity index (χ2n) is 20.9. The maximum absolute atomic E-state index is 5.40. The fraction of sp³-hybridized carbons (Fsp3) is 0.0274. The zero-order valence-electron chi connectivity index (χ0n) is 45.9. The van der Waals surface area contributed by atoms with Gasteiger partial charge >= 0.3 is 0 Å². The van der Waals surface area contributed by atoms with Crippen LogP contribution in [0.4, 0.5) is 0 Å². The fourth-order valence-electron chi connectivity index (χ4n) is 12.7. The van der Waals surface area contributed by atoms with Crippen molar-refractivity contribution >= 4 is 129 Å². The minimum absolute atomic E-state index is 0.510. The van der Waals surface area contributed by atoms with Gasteiger partial charge in [-0.15, -0.1) is 22.7 Å². The minimum Gasteiger partial charge on any atom is -0.308 e. The van der Waals surface area contributed by atoms with Crippen molar-refractivity contribution in [1.82, 2.24) is 48.6 Å². The number of aromatic nitrogens is 10. The van der Waals surface area contributed by atoms with E-state index in [1.54, 1.807) is 0 Å². The number of fused-ring (bicyclic) bond motifs is 15. The summed E-state index contributed by atoms with van der Waals surface area (Å²) in [7, 11) is 0. The maximum atomic E-state index is 5.40. The van der Waals surface area contributed by atoms with Crippen LogP contribution in [0.15, 0.2) is 243 Å². The molecule has 0 aliphatic heterocycles. The third kappa shape index (κ3) is 7.59. The number of hydrogen-bond acceptors (Lipinski definition) is 9. The molecule has 400 valence electrons. The topological polar surface area (TPSA) is 105 Å².